The van der Waals surface area contributed by atoms with Crippen LogP contribution in [0.2, 0.25) is 5.02 Å². The quantitative estimate of drug-likeness (QED) is 0.546. The molecule has 0 fully saturated rings. The Morgan fingerprint density at radius 3 is 2.34 bits per heavy atom. The molecule has 7 nitrogen and oxygen atoms in total. The van der Waals surface area contributed by atoms with Crippen molar-refractivity contribution in [3.8, 4) is 0 Å². The molecule has 0 spiro atoms. The molecular formula is C21H23ClN2O5. The Morgan fingerprint density at radius 2 is 1.72 bits per heavy atom. The number of ether oxygens (including phenoxy) is 2. The second kappa shape index (κ2) is 9.26. The van der Waals surface area contributed by atoms with E-state index < -0.39 is 24.2 Å². The van der Waals surface area contributed by atoms with Gasteiger partial charge in [-0.3, -0.25) is 5.01 Å². The molecule has 0 amide bonds. The number of benzene rings is 2. The number of carbonyl (C=O) groups excluding carboxylic acids is 2. The van der Waals surface area contributed by atoms with E-state index in [1.165, 1.54) is 5.01 Å². The first kappa shape index (κ1) is 21.1. The lowest BCUT2D eigenvalue weighted by Gasteiger charge is -2.35. The lowest BCUT2D eigenvalue weighted by Crippen LogP contribution is -2.55. The van der Waals surface area contributed by atoms with Gasteiger partial charge in [-0.15, -0.1) is 0 Å². The van der Waals surface area contributed by atoms with Gasteiger partial charge in [0.2, 0.25) is 6.04 Å². The molecule has 0 radical (unpaired) electrons. The van der Waals surface area contributed by atoms with Crippen LogP contribution in [0.5, 0.6) is 0 Å². The number of hydrogen-bond acceptors (Lipinski definition) is 7. The first-order valence-corrected chi connectivity index (χ1v) is 9.76. The highest BCUT2D eigenvalue weighted by Crippen LogP contribution is 2.41. The average Bonchev–Trinajstić information content (AvgIpc) is 2.95. The number of aliphatic hydroxyl groups excluding tert-OH is 1. The van der Waals surface area contributed by atoms with Gasteiger partial charge in [0, 0.05) is 10.6 Å². The van der Waals surface area contributed by atoms with Crippen molar-refractivity contribution in [3.05, 3.63) is 64.7 Å². The van der Waals surface area contributed by atoms with Gasteiger partial charge in [0.05, 0.1) is 25.4 Å². The van der Waals surface area contributed by atoms with Gasteiger partial charge in [-0.2, -0.15) is 5.01 Å². The number of esters is 2. The van der Waals surface area contributed by atoms with Crippen LogP contribution in [0.15, 0.2) is 48.5 Å². The van der Waals surface area contributed by atoms with Crippen molar-refractivity contribution in [3.63, 3.8) is 0 Å². The smallest absolute Gasteiger partial charge is 0.337 e. The first-order valence-electron chi connectivity index (χ1n) is 9.38. The molecule has 2 aromatic rings. The Bertz CT molecular complexity index is 873. The van der Waals surface area contributed by atoms with E-state index in [1.54, 1.807) is 43.1 Å². The molecule has 1 heterocycles. The van der Waals surface area contributed by atoms with Gasteiger partial charge in [-0.1, -0.05) is 41.9 Å². The summed E-state index contributed by atoms with van der Waals surface area (Å²) in [6.07, 6.45) is -1.22. The van der Waals surface area contributed by atoms with E-state index in [0.717, 1.165) is 5.56 Å². The molecule has 1 aliphatic heterocycles. The summed E-state index contributed by atoms with van der Waals surface area (Å²) in [7, 11) is 0. The summed E-state index contributed by atoms with van der Waals surface area (Å²) in [4.78, 5) is 25.3. The highest BCUT2D eigenvalue weighted by atomic mass is 35.5. The molecular weight excluding hydrogens is 396 g/mol. The maximum Gasteiger partial charge on any atom is 0.337 e. The van der Waals surface area contributed by atoms with E-state index in [4.69, 9.17) is 21.1 Å². The SMILES string of the molecule is CCOC(=O)C(C(=O)OCC)N1C(O)c2ccccc2N1Cc1cccc(Cl)c1. The number of halogens is 1. The largest absolute Gasteiger partial charge is 0.464 e. The van der Waals surface area contributed by atoms with Gasteiger partial charge < -0.3 is 14.6 Å². The van der Waals surface area contributed by atoms with Crippen LogP contribution in [0.1, 0.15) is 31.2 Å². The standard InChI is InChI=1S/C21H23ClN2O5/c1-3-28-20(26)18(21(27)29-4-2)24-19(25)16-10-5-6-11-17(16)23(24)13-14-8-7-9-15(22)12-14/h5-12,18-19,25H,3-4,13H2,1-2H3. The Kier molecular flexibility index (Phi) is 6.74. The van der Waals surface area contributed by atoms with E-state index in [1.807, 2.05) is 24.3 Å². The number of carbonyl (C=O) groups is 2. The Labute approximate surface area is 174 Å². The van der Waals surface area contributed by atoms with Crippen LogP contribution in [-0.2, 0) is 25.6 Å². The topological polar surface area (TPSA) is 79.3 Å². The summed E-state index contributed by atoms with van der Waals surface area (Å²) < 4.78 is 10.2. The molecule has 2 aromatic carbocycles. The number of fused-ring (bicyclic) bond motifs is 1. The van der Waals surface area contributed by atoms with Crippen molar-refractivity contribution >= 4 is 29.2 Å². The van der Waals surface area contributed by atoms with Crippen LogP contribution in [0, 0.1) is 0 Å². The summed E-state index contributed by atoms with van der Waals surface area (Å²) in [6.45, 7) is 3.78. The fourth-order valence-electron chi connectivity index (χ4n) is 3.35. The fraction of sp³-hybridized carbons (Fsp3) is 0.333. The molecule has 0 bridgehead atoms. The zero-order valence-corrected chi connectivity index (χ0v) is 17.0. The monoisotopic (exact) mass is 418 g/mol. The Morgan fingerprint density at radius 1 is 1.07 bits per heavy atom. The lowest BCUT2D eigenvalue weighted by molar-refractivity contribution is -0.170. The van der Waals surface area contributed by atoms with Crippen LogP contribution in [0.25, 0.3) is 0 Å². The number of anilines is 1. The zero-order chi connectivity index (χ0) is 21.0. The van der Waals surface area contributed by atoms with Crippen molar-refractivity contribution in [2.75, 3.05) is 18.2 Å². The third-order valence-electron chi connectivity index (χ3n) is 4.53. The molecule has 8 heteroatoms. The maximum atomic E-state index is 12.7. The molecule has 1 N–H and O–H groups in total. The van der Waals surface area contributed by atoms with Crippen LogP contribution < -0.4 is 5.01 Å². The predicted octanol–water partition coefficient (Wildman–Crippen LogP) is 3.06. The minimum Gasteiger partial charge on any atom is -0.464 e. The molecule has 0 saturated heterocycles. The molecule has 0 aliphatic carbocycles. The van der Waals surface area contributed by atoms with Crippen molar-refractivity contribution < 1.29 is 24.2 Å². The molecule has 154 valence electrons. The number of aliphatic hydroxyl groups is 1. The van der Waals surface area contributed by atoms with E-state index >= 15 is 0 Å². The van der Waals surface area contributed by atoms with Gasteiger partial charge in [0.15, 0.2) is 6.23 Å². The van der Waals surface area contributed by atoms with Crippen LogP contribution >= 0.6 is 11.6 Å². The third-order valence-corrected chi connectivity index (χ3v) is 4.76. The minimum atomic E-state index is -1.45. The fourth-order valence-corrected chi connectivity index (χ4v) is 3.56. The second-order valence-corrected chi connectivity index (χ2v) is 6.84. The van der Waals surface area contributed by atoms with Crippen molar-refractivity contribution in [2.45, 2.75) is 32.7 Å². The molecule has 29 heavy (non-hydrogen) atoms. The van der Waals surface area contributed by atoms with Crippen LogP contribution in [0.3, 0.4) is 0 Å². The number of hydrazine groups is 1. The summed E-state index contributed by atoms with van der Waals surface area (Å²) >= 11 is 6.11. The van der Waals surface area contributed by atoms with E-state index in [-0.39, 0.29) is 19.8 Å². The Hall–Kier alpha value is -2.61. The van der Waals surface area contributed by atoms with Crippen molar-refractivity contribution in [1.82, 2.24) is 5.01 Å². The average molecular weight is 419 g/mol. The molecule has 3 rings (SSSR count). The van der Waals surface area contributed by atoms with Crippen molar-refractivity contribution in [1.29, 1.82) is 0 Å². The number of para-hydroxylation sites is 1. The Balaban J connectivity index is 2.04. The number of rotatable bonds is 7. The van der Waals surface area contributed by atoms with E-state index in [9.17, 15) is 14.7 Å². The van der Waals surface area contributed by atoms with Gasteiger partial charge in [-0.25, -0.2) is 9.59 Å². The predicted molar refractivity (Wildman–Crippen MR) is 108 cm³/mol. The molecule has 0 saturated carbocycles. The van der Waals surface area contributed by atoms with E-state index in [2.05, 4.69) is 0 Å². The molecule has 0 aromatic heterocycles. The van der Waals surface area contributed by atoms with Gasteiger partial charge >= 0.3 is 11.9 Å². The number of nitrogens with zero attached hydrogens (tertiary/aromatic N) is 2. The summed E-state index contributed by atoms with van der Waals surface area (Å²) in [5.41, 5.74) is 2.10. The van der Waals surface area contributed by atoms with Gasteiger partial charge in [0.1, 0.15) is 0 Å². The summed E-state index contributed by atoms with van der Waals surface area (Å²) in [5, 5.41) is 14.5. The van der Waals surface area contributed by atoms with Gasteiger partial charge in [-0.05, 0) is 37.6 Å². The highest BCUT2D eigenvalue weighted by Gasteiger charge is 2.47. The zero-order valence-electron chi connectivity index (χ0n) is 16.2. The van der Waals surface area contributed by atoms with E-state index in [0.29, 0.717) is 16.3 Å². The minimum absolute atomic E-state index is 0.0971. The van der Waals surface area contributed by atoms with Crippen LogP contribution in [-0.4, -0.2) is 41.3 Å². The normalized spacial score (nSPS) is 16.0. The van der Waals surface area contributed by atoms with Crippen LogP contribution in [0.4, 0.5) is 5.69 Å². The lowest BCUT2D eigenvalue weighted by atomic mass is 10.1. The van der Waals surface area contributed by atoms with Gasteiger partial charge in [0.25, 0.3) is 0 Å². The highest BCUT2D eigenvalue weighted by molar-refractivity contribution is 6.30. The molecule has 1 aliphatic rings. The first-order chi connectivity index (χ1) is 14.0. The third kappa shape index (κ3) is 4.37. The summed E-state index contributed by atoms with van der Waals surface area (Å²) in [6, 6.07) is 13.0. The molecule has 1 unspecified atom stereocenters. The number of hydrogen-bond donors (Lipinski definition) is 1. The second-order valence-electron chi connectivity index (χ2n) is 6.41. The summed E-state index contributed by atoms with van der Waals surface area (Å²) in [5.74, 6) is -1.57. The maximum absolute atomic E-state index is 12.7. The molecule has 1 atom stereocenters. The van der Waals surface area contributed by atoms with Crippen molar-refractivity contribution in [2.24, 2.45) is 0 Å².